The summed E-state index contributed by atoms with van der Waals surface area (Å²) < 4.78 is 0. The zero-order chi connectivity index (χ0) is 28.8. The molecule has 0 saturated carbocycles. The third-order valence-electron chi connectivity index (χ3n) is 9.18. The van der Waals surface area contributed by atoms with Crippen molar-refractivity contribution < 1.29 is 0 Å². The van der Waals surface area contributed by atoms with Crippen molar-refractivity contribution in [1.82, 2.24) is 0 Å². The van der Waals surface area contributed by atoms with Crippen LogP contribution in [0.15, 0.2) is 151 Å². The lowest BCUT2D eigenvalue weighted by Gasteiger charge is -2.36. The summed E-state index contributed by atoms with van der Waals surface area (Å²) in [6.07, 6.45) is 9.83. The molecule has 1 unspecified atom stereocenters. The highest BCUT2D eigenvalue weighted by molar-refractivity contribution is 5.92. The summed E-state index contributed by atoms with van der Waals surface area (Å²) in [7, 11) is 0. The first-order chi connectivity index (χ1) is 21.2. The number of fused-ring (bicyclic) bond motifs is 6. The molecule has 0 aromatic heterocycles. The van der Waals surface area contributed by atoms with Crippen molar-refractivity contribution in [1.29, 1.82) is 0 Å². The van der Waals surface area contributed by atoms with E-state index >= 15 is 0 Å². The van der Waals surface area contributed by atoms with Gasteiger partial charge in [-0.05, 0) is 99.2 Å². The Balaban J connectivity index is 1.19. The van der Waals surface area contributed by atoms with E-state index in [1.807, 2.05) is 0 Å². The SMILES string of the molecule is CCc1cccc(Cc2ccc(-c3ccc4c(c3)C3=CC5=C=Cc6ccccc6N5C=C3CC4c3ccccc3)cc2)c1. The van der Waals surface area contributed by atoms with E-state index in [2.05, 4.69) is 157 Å². The highest BCUT2D eigenvalue weighted by Crippen LogP contribution is 2.49. The Morgan fingerprint density at radius 3 is 2.37 bits per heavy atom. The number of benzene rings is 5. The van der Waals surface area contributed by atoms with Crippen LogP contribution < -0.4 is 4.90 Å². The number of rotatable bonds is 5. The minimum absolute atomic E-state index is 0.316. The molecule has 1 nitrogen and oxygen atoms in total. The molecule has 0 radical (unpaired) electrons. The molecule has 206 valence electrons. The Morgan fingerprint density at radius 2 is 1.51 bits per heavy atom. The molecule has 1 aliphatic carbocycles. The standard InChI is InChI=1S/C42H33N/c1-2-29-9-8-10-31(23-29)24-30-15-17-32(18-16-30)35-20-22-38-39(33-11-4-3-5-12-33)26-36-28-43-37(27-40(36)41(38)25-35)21-19-34-13-6-7-14-42(34)43/h3-20,22-23,25,27-28,39H,2,24,26H2,1H3. The molecular formula is C42H33N. The van der Waals surface area contributed by atoms with Crippen molar-refractivity contribution in [3.05, 3.63) is 190 Å². The second kappa shape index (κ2) is 10.6. The van der Waals surface area contributed by atoms with Gasteiger partial charge in [-0.15, -0.1) is 0 Å². The largest absolute Gasteiger partial charge is 0.310 e. The number of para-hydroxylation sites is 1. The van der Waals surface area contributed by atoms with Crippen LogP contribution in [0.2, 0.25) is 0 Å². The number of anilines is 1. The summed E-state index contributed by atoms with van der Waals surface area (Å²) >= 11 is 0. The van der Waals surface area contributed by atoms with Crippen LogP contribution >= 0.6 is 0 Å². The molecule has 0 amide bonds. The van der Waals surface area contributed by atoms with Gasteiger partial charge in [0, 0.05) is 17.7 Å². The van der Waals surface area contributed by atoms with Crippen LogP contribution in [0.25, 0.3) is 22.8 Å². The summed E-state index contributed by atoms with van der Waals surface area (Å²) in [6.45, 7) is 2.22. The summed E-state index contributed by atoms with van der Waals surface area (Å²) in [5, 5.41) is 0. The van der Waals surface area contributed by atoms with Gasteiger partial charge in [0.1, 0.15) is 0 Å². The van der Waals surface area contributed by atoms with Gasteiger partial charge in [0.25, 0.3) is 0 Å². The maximum Gasteiger partial charge on any atom is 0.0892 e. The molecule has 0 saturated heterocycles. The van der Waals surface area contributed by atoms with Gasteiger partial charge in [-0.2, -0.15) is 0 Å². The van der Waals surface area contributed by atoms with Crippen molar-refractivity contribution in [3.8, 4) is 11.1 Å². The number of hydrogen-bond donors (Lipinski definition) is 0. The predicted octanol–water partition coefficient (Wildman–Crippen LogP) is 10.3. The molecule has 0 spiro atoms. The van der Waals surface area contributed by atoms with Crippen molar-refractivity contribution in [2.24, 2.45) is 0 Å². The predicted molar refractivity (Wildman–Crippen MR) is 180 cm³/mol. The quantitative estimate of drug-likeness (QED) is 0.196. The minimum Gasteiger partial charge on any atom is -0.310 e. The number of hydrogen-bond acceptors (Lipinski definition) is 1. The minimum atomic E-state index is 0.316. The van der Waals surface area contributed by atoms with Gasteiger partial charge < -0.3 is 4.90 Å². The zero-order valence-corrected chi connectivity index (χ0v) is 24.4. The molecule has 43 heavy (non-hydrogen) atoms. The average Bonchev–Trinajstić information content (AvgIpc) is 3.07. The van der Waals surface area contributed by atoms with E-state index < -0.39 is 0 Å². The van der Waals surface area contributed by atoms with Crippen LogP contribution in [0.3, 0.4) is 0 Å². The van der Waals surface area contributed by atoms with E-state index in [-0.39, 0.29) is 0 Å². The zero-order valence-electron chi connectivity index (χ0n) is 24.4. The van der Waals surface area contributed by atoms with Gasteiger partial charge in [-0.25, -0.2) is 0 Å². The second-order valence-electron chi connectivity index (χ2n) is 11.8. The molecule has 0 bridgehead atoms. The summed E-state index contributed by atoms with van der Waals surface area (Å²) in [5.74, 6) is 0.316. The highest BCUT2D eigenvalue weighted by Gasteiger charge is 2.32. The fourth-order valence-electron chi connectivity index (χ4n) is 6.89. The first kappa shape index (κ1) is 25.6. The molecule has 1 heteroatoms. The van der Waals surface area contributed by atoms with E-state index in [9.17, 15) is 0 Å². The summed E-state index contributed by atoms with van der Waals surface area (Å²) in [6, 6.07) is 44.8. The topological polar surface area (TPSA) is 3.24 Å². The fourth-order valence-corrected chi connectivity index (χ4v) is 6.89. The van der Waals surface area contributed by atoms with E-state index in [0.717, 1.165) is 25.0 Å². The van der Waals surface area contributed by atoms with Crippen LogP contribution in [0.5, 0.6) is 0 Å². The fraction of sp³-hybridized carbons (Fsp3) is 0.119. The third-order valence-corrected chi connectivity index (χ3v) is 9.18. The van der Waals surface area contributed by atoms with E-state index in [0.29, 0.717) is 5.92 Å². The second-order valence-corrected chi connectivity index (χ2v) is 11.8. The molecule has 8 rings (SSSR count). The van der Waals surface area contributed by atoms with Crippen molar-refractivity contribution in [2.75, 3.05) is 4.90 Å². The van der Waals surface area contributed by atoms with Gasteiger partial charge in [-0.3, -0.25) is 0 Å². The number of aryl methyl sites for hydroxylation is 1. The van der Waals surface area contributed by atoms with Crippen LogP contribution in [0, 0.1) is 0 Å². The molecule has 0 N–H and O–H groups in total. The van der Waals surface area contributed by atoms with Crippen molar-refractivity contribution >= 4 is 17.3 Å². The lowest BCUT2D eigenvalue weighted by molar-refractivity contribution is 0.785. The van der Waals surface area contributed by atoms with Crippen molar-refractivity contribution in [2.45, 2.75) is 32.1 Å². The Kier molecular flexibility index (Phi) is 6.33. The maximum absolute atomic E-state index is 3.56. The molecule has 0 fully saturated rings. The van der Waals surface area contributed by atoms with E-state index in [1.54, 1.807) is 0 Å². The summed E-state index contributed by atoms with van der Waals surface area (Å²) in [5.41, 5.74) is 20.5. The van der Waals surface area contributed by atoms with Gasteiger partial charge in [0.2, 0.25) is 0 Å². The molecular weight excluding hydrogens is 518 g/mol. The Morgan fingerprint density at radius 1 is 0.721 bits per heavy atom. The van der Waals surface area contributed by atoms with Crippen LogP contribution in [0.4, 0.5) is 5.69 Å². The first-order valence-electron chi connectivity index (χ1n) is 15.4. The molecule has 5 aromatic rings. The van der Waals surface area contributed by atoms with Gasteiger partial charge in [-0.1, -0.05) is 122 Å². The molecule has 2 aliphatic heterocycles. The monoisotopic (exact) mass is 551 g/mol. The van der Waals surface area contributed by atoms with Gasteiger partial charge in [0.15, 0.2) is 0 Å². The lowest BCUT2D eigenvalue weighted by Crippen LogP contribution is -2.24. The van der Waals surface area contributed by atoms with Crippen LogP contribution in [-0.2, 0) is 12.8 Å². The number of nitrogens with zero attached hydrogens (tertiary/aromatic N) is 1. The molecule has 1 atom stereocenters. The highest BCUT2D eigenvalue weighted by atomic mass is 15.1. The number of allylic oxidation sites excluding steroid dienone is 3. The Hall–Kier alpha value is -5.10. The van der Waals surface area contributed by atoms with Crippen LogP contribution in [-0.4, -0.2) is 0 Å². The first-order valence-corrected chi connectivity index (χ1v) is 15.4. The lowest BCUT2D eigenvalue weighted by atomic mass is 9.72. The normalized spacial score (nSPS) is 16.3. The maximum atomic E-state index is 3.56. The van der Waals surface area contributed by atoms with Crippen LogP contribution in [0.1, 0.15) is 58.2 Å². The van der Waals surface area contributed by atoms with E-state index in [4.69, 9.17) is 0 Å². The average molecular weight is 552 g/mol. The van der Waals surface area contributed by atoms with Gasteiger partial charge >= 0.3 is 0 Å². The van der Waals surface area contributed by atoms with Crippen molar-refractivity contribution in [3.63, 3.8) is 0 Å². The molecule has 3 aliphatic rings. The van der Waals surface area contributed by atoms with E-state index in [1.165, 1.54) is 66.9 Å². The third kappa shape index (κ3) is 4.69. The molecule has 2 heterocycles. The Labute approximate surface area is 254 Å². The van der Waals surface area contributed by atoms with Gasteiger partial charge in [0.05, 0.1) is 11.4 Å². The molecule has 5 aromatic carbocycles. The Bertz CT molecular complexity index is 1980. The smallest absolute Gasteiger partial charge is 0.0892 e. The summed E-state index contributed by atoms with van der Waals surface area (Å²) in [4.78, 5) is 2.32.